The van der Waals surface area contributed by atoms with E-state index in [1.54, 1.807) is 0 Å². The Morgan fingerprint density at radius 2 is 1.50 bits per heavy atom. The molecule has 0 amide bonds. The zero-order chi connectivity index (χ0) is 19.9. The van der Waals surface area contributed by atoms with Crippen molar-refractivity contribution < 1.29 is 17.6 Å². The topological polar surface area (TPSA) is 0 Å². The summed E-state index contributed by atoms with van der Waals surface area (Å²) in [5.41, 5.74) is 2.20. The number of alkyl halides is 1. The summed E-state index contributed by atoms with van der Waals surface area (Å²) in [6, 6.07) is 9.64. The molecule has 28 heavy (non-hydrogen) atoms. The molecule has 0 bridgehead atoms. The van der Waals surface area contributed by atoms with E-state index < -0.39 is 17.5 Å². The van der Waals surface area contributed by atoms with Crippen LogP contribution >= 0.6 is 0 Å². The predicted molar refractivity (Wildman–Crippen MR) is 105 cm³/mol. The molecule has 0 atom stereocenters. The lowest BCUT2D eigenvalue weighted by Crippen LogP contribution is -2.13. The quantitative estimate of drug-likeness (QED) is 0.262. The Bertz CT molecular complexity index is 764. The fraction of sp³-hybridized carbons (Fsp3) is 0.417. The summed E-state index contributed by atoms with van der Waals surface area (Å²) in [5, 5.41) is 0. The van der Waals surface area contributed by atoms with Gasteiger partial charge in [0.25, 0.3) is 0 Å². The maximum Gasteiger partial charge on any atom is 0.194 e. The van der Waals surface area contributed by atoms with Crippen molar-refractivity contribution in [3.05, 3.63) is 71.6 Å². The lowest BCUT2D eigenvalue weighted by Gasteiger charge is -2.26. The average Bonchev–Trinajstić information content (AvgIpc) is 2.71. The van der Waals surface area contributed by atoms with E-state index >= 15 is 0 Å². The van der Waals surface area contributed by atoms with Crippen molar-refractivity contribution in [2.45, 2.75) is 44.9 Å². The third-order valence-corrected chi connectivity index (χ3v) is 5.69. The van der Waals surface area contributed by atoms with Crippen LogP contribution in [0.15, 0.2) is 48.6 Å². The predicted octanol–water partition coefficient (Wildman–Crippen LogP) is 7.43. The van der Waals surface area contributed by atoms with E-state index in [0.717, 1.165) is 25.0 Å². The highest BCUT2D eigenvalue weighted by molar-refractivity contribution is 5.63. The lowest BCUT2D eigenvalue weighted by atomic mass is 9.79. The first-order valence-corrected chi connectivity index (χ1v) is 10.0. The zero-order valence-electron chi connectivity index (χ0n) is 15.9. The number of allylic oxidation sites excluding steroid dienone is 2. The molecule has 0 aromatic heterocycles. The number of aryl methyl sites for hydroxylation is 1. The fourth-order valence-electron chi connectivity index (χ4n) is 3.98. The van der Waals surface area contributed by atoms with Gasteiger partial charge in [0.2, 0.25) is 0 Å². The highest BCUT2D eigenvalue weighted by Crippen LogP contribution is 2.32. The van der Waals surface area contributed by atoms with Crippen molar-refractivity contribution >= 4 is 0 Å². The minimum absolute atomic E-state index is 0.282. The van der Waals surface area contributed by atoms with Crippen LogP contribution in [-0.4, -0.2) is 6.67 Å². The molecule has 1 saturated carbocycles. The molecule has 0 radical (unpaired) electrons. The zero-order valence-corrected chi connectivity index (χ0v) is 15.9. The number of hydrogen-bond donors (Lipinski definition) is 0. The van der Waals surface area contributed by atoms with Gasteiger partial charge in [-0.25, -0.2) is 13.2 Å². The fourth-order valence-corrected chi connectivity index (χ4v) is 3.98. The van der Waals surface area contributed by atoms with Crippen LogP contribution in [0.4, 0.5) is 17.6 Å². The van der Waals surface area contributed by atoms with E-state index in [1.165, 1.54) is 31.2 Å². The van der Waals surface area contributed by atoms with Crippen LogP contribution in [0.2, 0.25) is 0 Å². The monoisotopic (exact) mass is 390 g/mol. The van der Waals surface area contributed by atoms with Crippen molar-refractivity contribution in [2.75, 3.05) is 6.67 Å². The molecule has 2 aromatic carbocycles. The molecule has 0 saturated heterocycles. The number of benzene rings is 2. The maximum atomic E-state index is 13.4. The van der Waals surface area contributed by atoms with Crippen molar-refractivity contribution in [3.63, 3.8) is 0 Å². The molecule has 2 aromatic rings. The standard InChI is InChI=1S/C24H26F4/c25-14-2-1-3-17-4-6-18(7-5-17)8-9-19-10-12-20(13-11-19)21-15-22(26)24(28)23(27)16-21/h1,3,10-13,15-18H,2,4-9,14H2/b3-1+/t17-,18-. The average molecular weight is 390 g/mol. The molecule has 0 heterocycles. The van der Waals surface area contributed by atoms with Crippen LogP contribution in [0, 0.1) is 29.3 Å². The van der Waals surface area contributed by atoms with Gasteiger partial charge >= 0.3 is 0 Å². The van der Waals surface area contributed by atoms with Gasteiger partial charge in [0.05, 0.1) is 6.67 Å². The van der Waals surface area contributed by atoms with Gasteiger partial charge in [0, 0.05) is 0 Å². The Balaban J connectivity index is 1.50. The molecule has 4 heteroatoms. The van der Waals surface area contributed by atoms with E-state index in [-0.39, 0.29) is 6.67 Å². The summed E-state index contributed by atoms with van der Waals surface area (Å²) >= 11 is 0. The van der Waals surface area contributed by atoms with Crippen LogP contribution in [-0.2, 0) is 6.42 Å². The van der Waals surface area contributed by atoms with Crippen molar-refractivity contribution in [3.8, 4) is 11.1 Å². The largest absolute Gasteiger partial charge is 0.251 e. The summed E-state index contributed by atoms with van der Waals surface area (Å²) in [4.78, 5) is 0. The highest BCUT2D eigenvalue weighted by atomic mass is 19.2. The van der Waals surface area contributed by atoms with E-state index in [2.05, 4.69) is 6.08 Å². The SMILES string of the molecule is FCC/C=C/[C@H]1CC[C@H](CCc2ccc(-c3cc(F)c(F)c(F)c3)cc2)CC1. The third kappa shape index (κ3) is 5.46. The first-order chi connectivity index (χ1) is 13.6. The van der Waals surface area contributed by atoms with Crippen molar-refractivity contribution in [2.24, 2.45) is 11.8 Å². The minimum atomic E-state index is -1.44. The summed E-state index contributed by atoms with van der Waals surface area (Å²) in [6.07, 6.45) is 11.5. The van der Waals surface area contributed by atoms with Gasteiger partial charge in [0.15, 0.2) is 17.5 Å². The van der Waals surface area contributed by atoms with Crippen LogP contribution in [0.25, 0.3) is 11.1 Å². The second-order valence-corrected chi connectivity index (χ2v) is 7.68. The van der Waals surface area contributed by atoms with E-state index in [9.17, 15) is 17.6 Å². The Hall–Kier alpha value is -2.10. The molecule has 150 valence electrons. The molecule has 0 N–H and O–H groups in total. The molecule has 0 unspecified atom stereocenters. The molecule has 1 aliphatic carbocycles. The molecule has 0 nitrogen and oxygen atoms in total. The second-order valence-electron chi connectivity index (χ2n) is 7.68. The Morgan fingerprint density at radius 3 is 2.11 bits per heavy atom. The molecule has 0 spiro atoms. The van der Waals surface area contributed by atoms with Crippen LogP contribution < -0.4 is 0 Å². The van der Waals surface area contributed by atoms with Gasteiger partial charge in [-0.2, -0.15) is 0 Å². The summed E-state index contributed by atoms with van der Waals surface area (Å²) in [7, 11) is 0. The molecule has 3 rings (SSSR count). The van der Waals surface area contributed by atoms with Gasteiger partial charge in [0.1, 0.15) is 0 Å². The first kappa shape index (κ1) is 20.6. The smallest absolute Gasteiger partial charge is 0.194 e. The van der Waals surface area contributed by atoms with Crippen LogP contribution in [0.1, 0.15) is 44.1 Å². The molecule has 1 fully saturated rings. The van der Waals surface area contributed by atoms with Crippen LogP contribution in [0.3, 0.4) is 0 Å². The maximum absolute atomic E-state index is 13.4. The van der Waals surface area contributed by atoms with Crippen molar-refractivity contribution in [1.82, 2.24) is 0 Å². The molecular formula is C24H26F4. The minimum Gasteiger partial charge on any atom is -0.251 e. The van der Waals surface area contributed by atoms with E-state index in [1.807, 2.05) is 30.3 Å². The Morgan fingerprint density at radius 1 is 0.857 bits per heavy atom. The third-order valence-electron chi connectivity index (χ3n) is 5.69. The summed E-state index contributed by atoms with van der Waals surface area (Å²) in [5.74, 6) is -2.47. The van der Waals surface area contributed by atoms with Gasteiger partial charge in [-0.05, 0) is 85.6 Å². The lowest BCUT2D eigenvalue weighted by molar-refractivity contribution is 0.296. The molecule has 0 aliphatic heterocycles. The van der Waals surface area contributed by atoms with Crippen LogP contribution in [0.5, 0.6) is 0 Å². The number of rotatable bonds is 7. The number of hydrogen-bond acceptors (Lipinski definition) is 0. The highest BCUT2D eigenvalue weighted by Gasteiger charge is 2.19. The first-order valence-electron chi connectivity index (χ1n) is 10.0. The Labute approximate surface area is 164 Å². The van der Waals surface area contributed by atoms with Gasteiger partial charge in [-0.15, -0.1) is 0 Å². The Kier molecular flexibility index (Phi) is 7.30. The number of halogens is 4. The van der Waals surface area contributed by atoms with E-state index in [0.29, 0.717) is 29.4 Å². The summed E-state index contributed by atoms with van der Waals surface area (Å²) < 4.78 is 52.1. The summed E-state index contributed by atoms with van der Waals surface area (Å²) in [6.45, 7) is -0.282. The van der Waals surface area contributed by atoms with Gasteiger partial charge in [-0.3, -0.25) is 4.39 Å². The van der Waals surface area contributed by atoms with E-state index in [4.69, 9.17) is 0 Å². The van der Waals surface area contributed by atoms with Crippen molar-refractivity contribution in [1.29, 1.82) is 0 Å². The molecular weight excluding hydrogens is 364 g/mol. The second kappa shape index (κ2) is 9.90. The van der Waals surface area contributed by atoms with Gasteiger partial charge in [-0.1, -0.05) is 36.4 Å². The molecule has 1 aliphatic rings. The van der Waals surface area contributed by atoms with Gasteiger partial charge < -0.3 is 0 Å². The normalized spacial score (nSPS) is 20.0.